The SMILES string of the molecule is O.O.O.O.O=C(O)C(=O)O.[BaH2]. The van der Waals surface area contributed by atoms with Crippen molar-refractivity contribution < 1.29 is 41.7 Å². The molecule has 0 radical (unpaired) electrons. The maximum absolute atomic E-state index is 9.10. The van der Waals surface area contributed by atoms with Crippen LogP contribution in [0.25, 0.3) is 0 Å². The van der Waals surface area contributed by atoms with Gasteiger partial charge in [0.1, 0.15) is 0 Å². The second-order valence-corrected chi connectivity index (χ2v) is 0.610. The van der Waals surface area contributed by atoms with E-state index in [-0.39, 0.29) is 70.8 Å². The molecule has 0 aromatic carbocycles. The Morgan fingerprint density at radius 3 is 0.818 bits per heavy atom. The standard InChI is InChI=1S/C2H2O4.Ba.4H2O.2H/c3-1(4)2(5)6;;;;;;;/h(H,3,4)(H,5,6);;4*1H2;;. The molecule has 9 heteroatoms. The monoisotopic (exact) mass is 302 g/mol. The average Bonchev–Trinajstić information content (AvgIpc) is 1.36. The predicted octanol–water partition coefficient (Wildman–Crippen LogP) is -5.06. The normalized spacial score (nSPS) is 4.00. The van der Waals surface area contributed by atoms with Crippen LogP contribution < -0.4 is 0 Å². The number of rotatable bonds is 0. The minimum atomic E-state index is -1.82. The Labute approximate surface area is 102 Å². The summed E-state index contributed by atoms with van der Waals surface area (Å²) in [6.45, 7) is 0. The van der Waals surface area contributed by atoms with Crippen molar-refractivity contribution in [1.29, 1.82) is 0 Å². The first-order chi connectivity index (χ1) is 2.64. The van der Waals surface area contributed by atoms with Crippen LogP contribution in [0.4, 0.5) is 0 Å². The van der Waals surface area contributed by atoms with Gasteiger partial charge in [-0.2, -0.15) is 0 Å². The van der Waals surface area contributed by atoms with Gasteiger partial charge < -0.3 is 32.1 Å². The molecular weight excluding hydrogens is 289 g/mol. The van der Waals surface area contributed by atoms with Crippen LogP contribution in [0, 0.1) is 0 Å². The van der Waals surface area contributed by atoms with Crippen LogP contribution in [0.3, 0.4) is 0 Å². The Kier molecular flexibility index (Phi) is 86.6. The average molecular weight is 301 g/mol. The third-order valence-electron chi connectivity index (χ3n) is 0.183. The molecule has 0 atom stereocenters. The third-order valence-corrected chi connectivity index (χ3v) is 0.183. The molecule has 0 saturated heterocycles. The van der Waals surface area contributed by atoms with Gasteiger partial charge in [-0.05, 0) is 0 Å². The van der Waals surface area contributed by atoms with Crippen LogP contribution in [0.1, 0.15) is 0 Å². The van der Waals surface area contributed by atoms with Gasteiger partial charge in [0.2, 0.25) is 0 Å². The number of carboxylic acids is 2. The molecule has 0 unspecified atom stereocenters. The van der Waals surface area contributed by atoms with E-state index in [9.17, 15) is 0 Å². The fourth-order valence-corrected chi connectivity index (χ4v) is 0. The van der Waals surface area contributed by atoms with Crippen LogP contribution in [-0.2, 0) is 9.59 Å². The van der Waals surface area contributed by atoms with Crippen LogP contribution in [0.2, 0.25) is 0 Å². The van der Waals surface area contributed by atoms with E-state index in [1.165, 1.54) is 0 Å². The molecule has 0 aromatic rings. The summed E-state index contributed by atoms with van der Waals surface area (Å²) in [7, 11) is 0. The molecular formula is C2H12BaO8. The van der Waals surface area contributed by atoms with Gasteiger partial charge in [0.15, 0.2) is 0 Å². The summed E-state index contributed by atoms with van der Waals surface area (Å²) in [5.74, 6) is -3.65. The summed E-state index contributed by atoms with van der Waals surface area (Å²) in [6.07, 6.45) is 0. The van der Waals surface area contributed by atoms with Crippen LogP contribution in [0.15, 0.2) is 0 Å². The molecule has 10 N–H and O–H groups in total. The molecule has 0 aliphatic heterocycles. The summed E-state index contributed by atoms with van der Waals surface area (Å²) in [4.78, 5) is 18.2. The van der Waals surface area contributed by atoms with Crippen molar-refractivity contribution in [3.8, 4) is 0 Å². The summed E-state index contributed by atoms with van der Waals surface area (Å²) in [6, 6.07) is 0. The van der Waals surface area contributed by atoms with Crippen molar-refractivity contribution in [2.24, 2.45) is 0 Å². The molecule has 0 saturated carbocycles. The van der Waals surface area contributed by atoms with Gasteiger partial charge in [0.05, 0.1) is 0 Å². The molecule has 0 spiro atoms. The zero-order valence-electron chi connectivity index (χ0n) is 4.71. The van der Waals surface area contributed by atoms with E-state index in [2.05, 4.69) is 0 Å². The molecule has 0 amide bonds. The molecule has 0 aliphatic rings. The molecule has 0 rings (SSSR count). The fourth-order valence-electron chi connectivity index (χ4n) is 0. The quantitative estimate of drug-likeness (QED) is 0.333. The van der Waals surface area contributed by atoms with Gasteiger partial charge in [-0.3, -0.25) is 0 Å². The first-order valence-electron chi connectivity index (χ1n) is 1.11. The Bertz CT molecular complexity index is 78.1. The zero-order valence-corrected chi connectivity index (χ0v) is 4.71. The summed E-state index contributed by atoms with van der Waals surface area (Å²) >= 11 is 0. The van der Waals surface area contributed by atoms with E-state index in [4.69, 9.17) is 19.8 Å². The summed E-state index contributed by atoms with van der Waals surface area (Å²) in [5, 5.41) is 14.8. The third kappa shape index (κ3) is 38.1. The molecule has 0 fully saturated rings. The Morgan fingerprint density at radius 2 is 0.818 bits per heavy atom. The van der Waals surface area contributed by atoms with Crippen molar-refractivity contribution in [1.82, 2.24) is 0 Å². The molecule has 0 bridgehead atoms. The number of hydrogen-bond donors (Lipinski definition) is 2. The van der Waals surface area contributed by atoms with Gasteiger partial charge in [0.25, 0.3) is 0 Å². The van der Waals surface area contributed by atoms with Crippen molar-refractivity contribution in [3.63, 3.8) is 0 Å². The number of hydrogen-bond acceptors (Lipinski definition) is 2. The molecule has 8 nitrogen and oxygen atoms in total. The molecule has 0 aromatic heterocycles. The number of carboxylic acid groups (broad SMARTS) is 2. The van der Waals surface area contributed by atoms with Gasteiger partial charge in [-0.1, -0.05) is 0 Å². The Hall–Kier alpha value is 0.351. The van der Waals surface area contributed by atoms with Gasteiger partial charge in [0, 0.05) is 0 Å². The Balaban J connectivity index is -0.0000000125. The topological polar surface area (TPSA) is 201 Å². The summed E-state index contributed by atoms with van der Waals surface area (Å²) < 4.78 is 0. The van der Waals surface area contributed by atoms with Crippen molar-refractivity contribution >= 4 is 60.8 Å². The van der Waals surface area contributed by atoms with Crippen LogP contribution >= 0.6 is 0 Å². The van der Waals surface area contributed by atoms with Crippen molar-refractivity contribution in [2.75, 3.05) is 0 Å². The van der Waals surface area contributed by atoms with E-state index >= 15 is 0 Å². The van der Waals surface area contributed by atoms with Crippen molar-refractivity contribution in [2.45, 2.75) is 0 Å². The van der Waals surface area contributed by atoms with E-state index in [1.54, 1.807) is 0 Å². The second-order valence-electron chi connectivity index (χ2n) is 0.610. The minimum absolute atomic E-state index is 0. The van der Waals surface area contributed by atoms with Crippen LogP contribution in [0.5, 0.6) is 0 Å². The maximum atomic E-state index is 9.10. The van der Waals surface area contributed by atoms with E-state index in [0.717, 1.165) is 0 Å². The van der Waals surface area contributed by atoms with Gasteiger partial charge >= 0.3 is 60.8 Å². The first-order valence-corrected chi connectivity index (χ1v) is 1.11. The first kappa shape index (κ1) is 42.5. The zero-order chi connectivity index (χ0) is 5.15. The molecule has 0 heterocycles. The van der Waals surface area contributed by atoms with Gasteiger partial charge in [-0.25, -0.2) is 9.59 Å². The van der Waals surface area contributed by atoms with E-state index in [0.29, 0.717) is 0 Å². The Morgan fingerprint density at radius 1 is 0.727 bits per heavy atom. The van der Waals surface area contributed by atoms with E-state index < -0.39 is 11.9 Å². The molecule has 70 valence electrons. The van der Waals surface area contributed by atoms with E-state index in [1.807, 2.05) is 0 Å². The second kappa shape index (κ2) is 22.4. The number of carbonyl (C=O) groups is 2. The predicted molar refractivity (Wildman–Crippen MR) is 38.3 cm³/mol. The summed E-state index contributed by atoms with van der Waals surface area (Å²) in [5.41, 5.74) is 0. The van der Waals surface area contributed by atoms with Crippen molar-refractivity contribution in [3.05, 3.63) is 0 Å². The van der Waals surface area contributed by atoms with Gasteiger partial charge in [-0.15, -0.1) is 0 Å². The fraction of sp³-hybridized carbons (Fsp3) is 0. The number of aliphatic carboxylic acids is 2. The van der Waals surface area contributed by atoms with Crippen LogP contribution in [-0.4, -0.2) is 92.9 Å². The molecule has 11 heavy (non-hydrogen) atoms. The molecule has 0 aliphatic carbocycles.